The smallest absolute Gasteiger partial charge is 0.462 e. The van der Waals surface area contributed by atoms with Gasteiger partial charge in [-0.25, -0.2) is 4.57 Å². The first kappa shape index (κ1) is 51.7. The molecule has 0 aliphatic heterocycles. The molecule has 0 saturated heterocycles. The first-order chi connectivity index (χ1) is 26.1. The third kappa shape index (κ3) is 38.0. The molecule has 0 amide bonds. The van der Waals surface area contributed by atoms with Crippen molar-refractivity contribution in [1.82, 2.24) is 0 Å². The summed E-state index contributed by atoms with van der Waals surface area (Å²) in [6.07, 6.45) is 39.6. The van der Waals surface area contributed by atoms with E-state index in [9.17, 15) is 24.4 Å². The van der Waals surface area contributed by atoms with Gasteiger partial charge >= 0.3 is 19.8 Å². The van der Waals surface area contributed by atoms with E-state index in [-0.39, 0.29) is 32.1 Å². The van der Waals surface area contributed by atoms with Crippen molar-refractivity contribution < 1.29 is 48.2 Å². The summed E-state index contributed by atoms with van der Waals surface area (Å²) in [5.74, 6) is -1.18. The fraction of sp³-hybridized carbons (Fsp3) is 0.721. The Hall–Kier alpha value is -2.33. The molecule has 0 rings (SSSR count). The Morgan fingerprint density at radius 3 is 1.56 bits per heavy atom. The Labute approximate surface area is 327 Å². The molecule has 0 aromatic rings. The van der Waals surface area contributed by atoms with Gasteiger partial charge < -0.3 is 29.5 Å². The fourth-order valence-corrected chi connectivity index (χ4v) is 5.81. The number of ether oxygens (including phenoxy) is 2. The van der Waals surface area contributed by atoms with E-state index in [1.54, 1.807) is 0 Å². The normalized spacial score (nSPS) is 14.3. The highest BCUT2D eigenvalue weighted by atomic mass is 31.2. The largest absolute Gasteiger partial charge is 0.469 e. The summed E-state index contributed by atoms with van der Waals surface area (Å²) in [5, 5.41) is 20.6. The first-order valence-corrected chi connectivity index (χ1v) is 22.3. The van der Waals surface area contributed by atoms with E-state index in [0.717, 1.165) is 57.8 Å². The molecule has 4 N–H and O–H groups in total. The van der Waals surface area contributed by atoms with Crippen LogP contribution < -0.4 is 0 Å². The molecule has 54 heavy (non-hydrogen) atoms. The highest BCUT2D eigenvalue weighted by Gasteiger charge is 2.23. The number of phosphoric ester groups is 1. The number of phosphoric acid groups is 1. The van der Waals surface area contributed by atoms with Crippen molar-refractivity contribution in [1.29, 1.82) is 0 Å². The quantitative estimate of drug-likeness (QED) is 0.0207. The Bertz CT molecular complexity index is 1090. The van der Waals surface area contributed by atoms with Crippen molar-refractivity contribution in [3.63, 3.8) is 0 Å². The Morgan fingerprint density at radius 1 is 0.556 bits per heavy atom. The van der Waals surface area contributed by atoms with E-state index >= 15 is 0 Å². The van der Waals surface area contributed by atoms with E-state index in [1.165, 1.54) is 57.8 Å². The molecule has 0 aliphatic rings. The topological polar surface area (TPSA) is 160 Å². The summed E-state index contributed by atoms with van der Waals surface area (Å²) >= 11 is 0. The molecule has 0 saturated carbocycles. The predicted octanol–water partition coefficient (Wildman–Crippen LogP) is 10.5. The molecule has 0 aliphatic carbocycles. The summed E-state index contributed by atoms with van der Waals surface area (Å²) < 4.78 is 26.2. The number of carbonyl (C=O) groups excluding carboxylic acids is 2. The molecule has 0 aromatic heterocycles. The predicted molar refractivity (Wildman–Crippen MR) is 219 cm³/mol. The van der Waals surface area contributed by atoms with Crippen molar-refractivity contribution >= 4 is 19.8 Å². The molecule has 312 valence electrons. The van der Waals surface area contributed by atoms with Gasteiger partial charge in [0.25, 0.3) is 0 Å². The zero-order valence-corrected chi connectivity index (χ0v) is 34.5. The van der Waals surface area contributed by atoms with Gasteiger partial charge in [0, 0.05) is 12.8 Å². The number of aliphatic hydroxyl groups excluding tert-OH is 2. The monoisotopic (exact) mass is 783 g/mol. The van der Waals surface area contributed by atoms with Crippen LogP contribution in [0.15, 0.2) is 60.8 Å². The van der Waals surface area contributed by atoms with Crippen LogP contribution in [0.5, 0.6) is 0 Å². The number of hydrogen-bond acceptors (Lipinski definition) is 8. The lowest BCUT2D eigenvalue weighted by Gasteiger charge is -2.19. The molecular formula is C43H75O10P. The highest BCUT2D eigenvalue weighted by molar-refractivity contribution is 7.46. The molecule has 11 heteroatoms. The average Bonchev–Trinajstić information content (AvgIpc) is 3.13. The van der Waals surface area contributed by atoms with Gasteiger partial charge in [0.15, 0.2) is 6.10 Å². The maximum absolute atomic E-state index is 12.4. The maximum atomic E-state index is 12.4. The van der Waals surface area contributed by atoms with Crippen molar-refractivity contribution in [2.45, 2.75) is 186 Å². The van der Waals surface area contributed by atoms with Crippen molar-refractivity contribution in [3.8, 4) is 0 Å². The van der Waals surface area contributed by atoms with Gasteiger partial charge in [-0.3, -0.25) is 14.1 Å². The van der Waals surface area contributed by atoms with E-state index in [4.69, 9.17) is 19.3 Å². The molecule has 0 fully saturated rings. The zero-order chi connectivity index (χ0) is 40.0. The van der Waals surface area contributed by atoms with E-state index < -0.39 is 51.3 Å². The van der Waals surface area contributed by atoms with Gasteiger partial charge in [-0.1, -0.05) is 132 Å². The molecule has 10 nitrogen and oxygen atoms in total. The van der Waals surface area contributed by atoms with Crippen LogP contribution in [0.3, 0.4) is 0 Å². The van der Waals surface area contributed by atoms with Crippen LogP contribution in [-0.4, -0.2) is 63.5 Å². The molecule has 0 spiro atoms. The van der Waals surface area contributed by atoms with Crippen LogP contribution in [0.25, 0.3) is 0 Å². The Morgan fingerprint density at radius 2 is 1.02 bits per heavy atom. The Balaban J connectivity index is 4.20. The van der Waals surface area contributed by atoms with Gasteiger partial charge in [-0.05, 0) is 83.5 Å². The van der Waals surface area contributed by atoms with E-state index in [0.29, 0.717) is 6.42 Å². The first-order valence-electron chi connectivity index (χ1n) is 20.7. The molecule has 0 aromatic carbocycles. The number of rotatable bonds is 37. The van der Waals surface area contributed by atoms with Crippen LogP contribution >= 0.6 is 7.82 Å². The highest BCUT2D eigenvalue weighted by Crippen LogP contribution is 2.36. The lowest BCUT2D eigenvalue weighted by Crippen LogP contribution is -2.30. The lowest BCUT2D eigenvalue weighted by atomic mass is 10.0. The number of hydrogen-bond donors (Lipinski definition) is 4. The van der Waals surface area contributed by atoms with Crippen molar-refractivity contribution in [2.75, 3.05) is 13.2 Å². The minimum absolute atomic E-state index is 0.106. The van der Waals surface area contributed by atoms with Gasteiger partial charge in [-0.2, -0.15) is 0 Å². The summed E-state index contributed by atoms with van der Waals surface area (Å²) in [4.78, 5) is 42.9. The Kier molecular flexibility index (Phi) is 36.0. The van der Waals surface area contributed by atoms with Crippen LogP contribution in [0.1, 0.15) is 168 Å². The fourth-order valence-electron chi connectivity index (χ4n) is 5.45. The van der Waals surface area contributed by atoms with Crippen LogP contribution in [0.2, 0.25) is 0 Å². The number of carbonyl (C=O) groups is 2. The summed E-state index contributed by atoms with van der Waals surface area (Å²) in [7, 11) is -4.84. The summed E-state index contributed by atoms with van der Waals surface area (Å²) in [5.41, 5.74) is 0. The third-order valence-corrected chi connectivity index (χ3v) is 9.20. The van der Waals surface area contributed by atoms with Crippen LogP contribution in [-0.2, 0) is 28.2 Å². The third-order valence-electron chi connectivity index (χ3n) is 8.71. The van der Waals surface area contributed by atoms with Gasteiger partial charge in [0.05, 0.1) is 18.8 Å². The maximum Gasteiger partial charge on any atom is 0.469 e. The number of allylic oxidation sites excluding steroid dienone is 9. The number of aliphatic hydroxyl groups is 2. The minimum Gasteiger partial charge on any atom is -0.462 e. The van der Waals surface area contributed by atoms with Gasteiger partial charge in [0.1, 0.15) is 6.61 Å². The zero-order valence-electron chi connectivity index (χ0n) is 33.6. The number of esters is 2. The average molecular weight is 783 g/mol. The van der Waals surface area contributed by atoms with Crippen LogP contribution in [0.4, 0.5) is 0 Å². The van der Waals surface area contributed by atoms with E-state index in [2.05, 4.69) is 67.0 Å². The lowest BCUT2D eigenvalue weighted by molar-refractivity contribution is -0.161. The van der Waals surface area contributed by atoms with Crippen molar-refractivity contribution in [2.24, 2.45) is 0 Å². The minimum atomic E-state index is -4.84. The standard InChI is InChI=1S/C43H75O10P/c1-3-5-7-9-11-13-15-17-18-19-20-21-23-25-27-29-31-35-42(46)51-37-39(38-52-54(48,49)50)53-43(47)36-32-34-41(45)40(44)33-30-28-26-24-22-16-14-12-10-8-6-4-2/h11-14,17-18,22,24,28,30,39-41,44-45H,3-10,15-16,19-21,23,25-27,29,31-38H2,1-2H3,(H2,48,49,50)/b13-11-,14-12-,18-17-,24-22-,30-28-/t39-,40?,41?/m1/s1. The molecule has 2 unspecified atom stereocenters. The van der Waals surface area contributed by atoms with E-state index in [1.807, 2.05) is 12.2 Å². The second-order valence-electron chi connectivity index (χ2n) is 13.9. The van der Waals surface area contributed by atoms with Gasteiger partial charge in [-0.15, -0.1) is 0 Å². The molecule has 0 heterocycles. The second-order valence-corrected chi connectivity index (χ2v) is 15.2. The molecule has 3 atom stereocenters. The summed E-state index contributed by atoms with van der Waals surface area (Å²) in [6.45, 7) is 3.37. The molecular weight excluding hydrogens is 707 g/mol. The second kappa shape index (κ2) is 37.6. The number of unbranched alkanes of at least 4 members (excludes halogenated alkanes) is 13. The SMILES string of the molecule is CCCCC/C=C\C/C=C\C/C=C\CC(O)C(O)CCCC(=O)O[C@H](COC(=O)CCCCCCCCC/C=C\C/C=C\CCCCC)COP(=O)(O)O. The molecule has 0 bridgehead atoms. The van der Waals surface area contributed by atoms with Gasteiger partial charge in [0.2, 0.25) is 0 Å². The molecule has 0 radical (unpaired) electrons. The van der Waals surface area contributed by atoms with Crippen molar-refractivity contribution in [3.05, 3.63) is 60.8 Å². The van der Waals surface area contributed by atoms with Crippen LogP contribution in [0, 0.1) is 0 Å². The summed E-state index contributed by atoms with van der Waals surface area (Å²) in [6, 6.07) is 0.